The molecule has 1 aromatic heterocycles. The largest absolute Gasteiger partial charge is 0.494 e. The van der Waals surface area contributed by atoms with E-state index in [0.717, 1.165) is 16.9 Å². The Kier molecular flexibility index (Phi) is 9.20. The van der Waals surface area contributed by atoms with Gasteiger partial charge in [-0.3, -0.25) is 0 Å². The number of hydrogen-bond acceptors (Lipinski definition) is 7. The van der Waals surface area contributed by atoms with Crippen molar-refractivity contribution in [2.45, 2.75) is 17.2 Å². The van der Waals surface area contributed by atoms with E-state index in [-0.39, 0.29) is 40.3 Å². The third-order valence-electron chi connectivity index (χ3n) is 3.66. The molecular weight excluding hydrogens is 412 g/mol. The van der Waals surface area contributed by atoms with Crippen LogP contribution in [0.4, 0.5) is 0 Å². The zero-order valence-corrected chi connectivity index (χ0v) is 17.5. The molecule has 150 valence electrons. The van der Waals surface area contributed by atoms with Gasteiger partial charge in [-0.15, -0.1) is 23.7 Å². The van der Waals surface area contributed by atoms with Gasteiger partial charge in [-0.25, -0.2) is 13.2 Å². The lowest BCUT2D eigenvalue weighted by atomic mass is 10.2. The molecule has 27 heavy (non-hydrogen) atoms. The van der Waals surface area contributed by atoms with Crippen LogP contribution in [-0.2, 0) is 21.3 Å². The topological polar surface area (TPSA) is 98.9 Å². The predicted octanol–water partition coefficient (Wildman–Crippen LogP) is 2.50. The minimum Gasteiger partial charge on any atom is -0.494 e. The highest BCUT2D eigenvalue weighted by molar-refractivity contribution is 7.91. The molecule has 1 aromatic carbocycles. The van der Waals surface area contributed by atoms with Gasteiger partial charge < -0.3 is 15.2 Å². The minimum atomic E-state index is -3.87. The molecule has 0 amide bonds. The number of nitrogens with two attached hydrogens (primary N) is 1. The van der Waals surface area contributed by atoms with E-state index in [1.54, 1.807) is 0 Å². The average Bonchev–Trinajstić information content (AvgIpc) is 3.10. The Hall–Kier alpha value is -1.65. The van der Waals surface area contributed by atoms with Crippen molar-refractivity contribution in [3.05, 3.63) is 46.8 Å². The van der Waals surface area contributed by atoms with Crippen LogP contribution >= 0.6 is 23.7 Å². The first-order chi connectivity index (χ1) is 12.4. The van der Waals surface area contributed by atoms with E-state index in [0.29, 0.717) is 13.0 Å². The van der Waals surface area contributed by atoms with Crippen LogP contribution in [0.5, 0.6) is 5.75 Å². The summed E-state index contributed by atoms with van der Waals surface area (Å²) in [5.41, 5.74) is 6.42. The molecule has 0 atom stereocenters. The molecule has 1 heterocycles. The van der Waals surface area contributed by atoms with Crippen LogP contribution in [0.1, 0.15) is 21.7 Å². The molecule has 2 N–H and O–H groups in total. The average molecular weight is 435 g/mol. The number of nitrogens with zero attached hydrogens (tertiary/aromatic N) is 1. The van der Waals surface area contributed by atoms with Crippen LogP contribution in [-0.4, -0.2) is 46.0 Å². The van der Waals surface area contributed by atoms with Crippen molar-refractivity contribution in [3.8, 4) is 5.75 Å². The molecule has 0 saturated carbocycles. The second-order valence-electron chi connectivity index (χ2n) is 5.42. The van der Waals surface area contributed by atoms with Crippen molar-refractivity contribution in [3.63, 3.8) is 0 Å². The third kappa shape index (κ3) is 5.66. The van der Waals surface area contributed by atoms with E-state index in [2.05, 4.69) is 4.74 Å². The van der Waals surface area contributed by atoms with Crippen molar-refractivity contribution in [1.82, 2.24) is 4.31 Å². The standard InChI is InChI=1S/C17H22N2O5S2.ClH/c1-23-14-11-15(16(20)24-2)25-17(14)26(21,22)19(10-6-9-18)12-13-7-4-3-5-8-13;/h3-5,7-8,11H,6,9-10,12,18H2,1-2H3;1H. The highest BCUT2D eigenvalue weighted by Gasteiger charge is 2.31. The van der Waals surface area contributed by atoms with Crippen LogP contribution in [0.2, 0.25) is 0 Å². The van der Waals surface area contributed by atoms with Gasteiger partial charge in [0.1, 0.15) is 4.88 Å². The monoisotopic (exact) mass is 434 g/mol. The summed E-state index contributed by atoms with van der Waals surface area (Å²) in [4.78, 5) is 11.9. The molecule has 0 spiro atoms. The fourth-order valence-electron chi connectivity index (χ4n) is 2.34. The maximum atomic E-state index is 13.2. The maximum Gasteiger partial charge on any atom is 0.348 e. The fraction of sp³-hybridized carbons (Fsp3) is 0.353. The summed E-state index contributed by atoms with van der Waals surface area (Å²) in [6, 6.07) is 10.7. The second kappa shape index (κ2) is 10.6. The third-order valence-corrected chi connectivity index (χ3v) is 7.09. The summed E-state index contributed by atoms with van der Waals surface area (Å²) in [5.74, 6) is -0.479. The van der Waals surface area contributed by atoms with Gasteiger partial charge in [0.2, 0.25) is 0 Å². The summed E-state index contributed by atoms with van der Waals surface area (Å²) < 4.78 is 37.6. The Labute approximate surface area is 169 Å². The Morgan fingerprint density at radius 3 is 2.44 bits per heavy atom. The molecule has 10 heteroatoms. The molecule has 7 nitrogen and oxygen atoms in total. The first-order valence-electron chi connectivity index (χ1n) is 7.94. The highest BCUT2D eigenvalue weighted by atomic mass is 35.5. The van der Waals surface area contributed by atoms with Crippen molar-refractivity contribution in [2.24, 2.45) is 5.73 Å². The number of carbonyl (C=O) groups is 1. The zero-order valence-electron chi connectivity index (χ0n) is 15.1. The van der Waals surface area contributed by atoms with Crippen molar-refractivity contribution in [1.29, 1.82) is 0 Å². The van der Waals surface area contributed by atoms with E-state index >= 15 is 0 Å². The van der Waals surface area contributed by atoms with E-state index in [4.69, 9.17) is 10.5 Å². The summed E-state index contributed by atoms with van der Waals surface area (Å²) in [6.45, 7) is 0.843. The first-order valence-corrected chi connectivity index (χ1v) is 10.2. The van der Waals surface area contributed by atoms with Gasteiger partial charge in [-0.1, -0.05) is 30.3 Å². The van der Waals surface area contributed by atoms with E-state index < -0.39 is 16.0 Å². The van der Waals surface area contributed by atoms with Crippen LogP contribution < -0.4 is 10.5 Å². The Morgan fingerprint density at radius 2 is 1.89 bits per heavy atom. The molecule has 0 aliphatic heterocycles. The number of carbonyl (C=O) groups excluding carboxylic acids is 1. The van der Waals surface area contributed by atoms with Gasteiger partial charge in [0.05, 0.1) is 14.2 Å². The Morgan fingerprint density at radius 1 is 1.22 bits per heavy atom. The lowest BCUT2D eigenvalue weighted by molar-refractivity contribution is 0.0606. The van der Waals surface area contributed by atoms with Crippen molar-refractivity contribution in [2.75, 3.05) is 27.3 Å². The number of sulfonamides is 1. The smallest absolute Gasteiger partial charge is 0.348 e. The molecule has 0 radical (unpaired) electrons. The van der Waals surface area contributed by atoms with Gasteiger partial charge in [-0.05, 0) is 18.5 Å². The van der Waals surface area contributed by atoms with E-state index in [1.165, 1.54) is 24.6 Å². The molecule has 2 aromatic rings. The van der Waals surface area contributed by atoms with Crippen molar-refractivity contribution >= 4 is 39.7 Å². The van der Waals surface area contributed by atoms with Crippen molar-refractivity contribution < 1.29 is 22.7 Å². The molecule has 0 unspecified atom stereocenters. The number of halogens is 1. The van der Waals surface area contributed by atoms with Crippen LogP contribution in [0.25, 0.3) is 0 Å². The maximum absolute atomic E-state index is 13.2. The van der Waals surface area contributed by atoms with Gasteiger partial charge in [0.25, 0.3) is 10.0 Å². The number of methoxy groups -OCH3 is 2. The molecule has 0 aliphatic carbocycles. The van der Waals surface area contributed by atoms with Gasteiger partial charge >= 0.3 is 5.97 Å². The summed E-state index contributed by atoms with van der Waals surface area (Å²) in [5, 5.41) is 0. The molecule has 0 saturated heterocycles. The number of esters is 1. The number of hydrogen-bond donors (Lipinski definition) is 1. The lowest BCUT2D eigenvalue weighted by Gasteiger charge is -2.21. The fourth-order valence-corrected chi connectivity index (χ4v) is 5.44. The second-order valence-corrected chi connectivity index (χ2v) is 8.61. The van der Waals surface area contributed by atoms with Gasteiger partial charge in [-0.2, -0.15) is 4.31 Å². The summed E-state index contributed by atoms with van der Waals surface area (Å²) in [7, 11) is -1.27. The summed E-state index contributed by atoms with van der Waals surface area (Å²) >= 11 is 0.836. The molecule has 0 fully saturated rings. The molecule has 0 bridgehead atoms. The predicted molar refractivity (Wildman–Crippen MR) is 107 cm³/mol. The van der Waals surface area contributed by atoms with Crippen LogP contribution in [0.3, 0.4) is 0 Å². The number of ether oxygens (including phenoxy) is 2. The highest BCUT2D eigenvalue weighted by Crippen LogP contribution is 2.36. The van der Waals surface area contributed by atoms with E-state index in [9.17, 15) is 13.2 Å². The minimum absolute atomic E-state index is 0. The number of rotatable bonds is 9. The quantitative estimate of drug-likeness (QED) is 0.609. The van der Waals surface area contributed by atoms with Crippen LogP contribution in [0, 0.1) is 0 Å². The zero-order chi connectivity index (χ0) is 19.2. The SMILES string of the molecule is COC(=O)c1cc(OC)c(S(=O)(=O)N(CCCN)Cc2ccccc2)s1.Cl. The van der Waals surface area contributed by atoms with E-state index in [1.807, 2.05) is 30.3 Å². The summed E-state index contributed by atoms with van der Waals surface area (Å²) in [6.07, 6.45) is 0.517. The molecule has 0 aliphatic rings. The number of benzene rings is 1. The molecular formula is C17H23ClN2O5S2. The lowest BCUT2D eigenvalue weighted by Crippen LogP contribution is -2.32. The van der Waals surface area contributed by atoms with Gasteiger partial charge in [0.15, 0.2) is 9.96 Å². The van der Waals surface area contributed by atoms with Gasteiger partial charge in [0, 0.05) is 19.2 Å². The number of thiophene rings is 1. The normalized spacial score (nSPS) is 11.1. The Bertz CT molecular complexity index is 840. The first kappa shape index (κ1) is 23.4. The van der Waals surface area contributed by atoms with Crippen LogP contribution in [0.15, 0.2) is 40.6 Å². The Balaban J connectivity index is 0.00000364. The molecule has 2 rings (SSSR count).